The highest BCUT2D eigenvalue weighted by Crippen LogP contribution is 2.41. The molecule has 0 saturated carbocycles. The van der Waals surface area contributed by atoms with Gasteiger partial charge in [-0.05, 0) is 19.8 Å². The number of aromatic nitrogens is 1. The van der Waals surface area contributed by atoms with Gasteiger partial charge in [0.1, 0.15) is 0 Å². The number of ether oxygens (including phenoxy) is 1. The van der Waals surface area contributed by atoms with Crippen LogP contribution in [0.1, 0.15) is 69.6 Å². The van der Waals surface area contributed by atoms with Gasteiger partial charge in [0, 0.05) is 5.41 Å². The Morgan fingerprint density at radius 3 is 2.15 bits per heavy atom. The second-order valence-electron chi connectivity index (χ2n) is 6.72. The normalized spacial score (nSPS) is 30.7. The van der Waals surface area contributed by atoms with Crippen molar-refractivity contribution >= 4 is 5.97 Å². The maximum Gasteiger partial charge on any atom is 0.373 e. The van der Waals surface area contributed by atoms with Crippen LogP contribution < -0.4 is 0 Å². The summed E-state index contributed by atoms with van der Waals surface area (Å²) in [7, 11) is 0. The molecule has 1 aliphatic rings. The molecule has 0 aromatic carbocycles. The molecule has 4 atom stereocenters. The highest BCUT2D eigenvalue weighted by Gasteiger charge is 2.42. The van der Waals surface area contributed by atoms with Crippen molar-refractivity contribution in [2.75, 3.05) is 0 Å². The van der Waals surface area contributed by atoms with Gasteiger partial charge < -0.3 is 14.3 Å². The molecule has 2 heterocycles. The summed E-state index contributed by atoms with van der Waals surface area (Å²) in [4.78, 5) is 15.9. The molecule has 5 nitrogen and oxygen atoms in total. The van der Waals surface area contributed by atoms with E-state index in [2.05, 4.69) is 11.9 Å². The average molecular weight is 281 g/mol. The molecule has 1 aromatic heterocycles. The van der Waals surface area contributed by atoms with Crippen LogP contribution in [-0.2, 0) is 10.2 Å². The summed E-state index contributed by atoms with van der Waals surface area (Å²) < 4.78 is 11.4. The Morgan fingerprint density at radius 1 is 1.20 bits per heavy atom. The van der Waals surface area contributed by atoms with E-state index in [9.17, 15) is 9.90 Å². The molecule has 1 aromatic rings. The van der Waals surface area contributed by atoms with E-state index in [0.717, 1.165) is 0 Å². The predicted octanol–water partition coefficient (Wildman–Crippen LogP) is 3.20. The molecule has 1 N–H and O–H groups in total. The number of carboxylic acid groups (broad SMARTS) is 1. The maximum absolute atomic E-state index is 11.4. The van der Waals surface area contributed by atoms with Crippen LogP contribution in [0.4, 0.5) is 0 Å². The number of carbonyl (C=O) groups is 1. The van der Waals surface area contributed by atoms with E-state index in [1.54, 1.807) is 0 Å². The minimum atomic E-state index is -1.07. The molecule has 0 bridgehead atoms. The quantitative estimate of drug-likeness (QED) is 0.901. The SMILES string of the molecule is CC1OC(C)C(c2nc(C(C)(C)C)c(C(=O)O)o2)C1C. The number of oxazole rings is 1. The van der Waals surface area contributed by atoms with Crippen LogP contribution in [-0.4, -0.2) is 28.3 Å². The topological polar surface area (TPSA) is 72.6 Å². The number of hydrogen-bond acceptors (Lipinski definition) is 4. The molecule has 2 rings (SSSR count). The van der Waals surface area contributed by atoms with Crippen molar-refractivity contribution < 1.29 is 19.1 Å². The van der Waals surface area contributed by atoms with Crippen LogP contribution in [0.25, 0.3) is 0 Å². The van der Waals surface area contributed by atoms with Crippen molar-refractivity contribution in [1.82, 2.24) is 4.98 Å². The molecule has 1 fully saturated rings. The zero-order valence-corrected chi connectivity index (χ0v) is 12.9. The smallest absolute Gasteiger partial charge is 0.373 e. The Hall–Kier alpha value is -1.36. The van der Waals surface area contributed by atoms with Gasteiger partial charge in [0.15, 0.2) is 0 Å². The van der Waals surface area contributed by atoms with Crippen molar-refractivity contribution in [2.45, 2.75) is 65.1 Å². The highest BCUT2D eigenvalue weighted by atomic mass is 16.5. The minimum Gasteiger partial charge on any atom is -0.475 e. The second kappa shape index (κ2) is 4.88. The van der Waals surface area contributed by atoms with E-state index in [1.165, 1.54) is 0 Å². The lowest BCUT2D eigenvalue weighted by atomic mass is 9.89. The lowest BCUT2D eigenvalue weighted by Gasteiger charge is -2.16. The van der Waals surface area contributed by atoms with E-state index in [4.69, 9.17) is 9.15 Å². The number of aromatic carboxylic acids is 1. The third kappa shape index (κ3) is 2.46. The molecule has 20 heavy (non-hydrogen) atoms. The van der Waals surface area contributed by atoms with Crippen molar-refractivity contribution in [2.24, 2.45) is 5.92 Å². The van der Waals surface area contributed by atoms with Crippen LogP contribution in [0.2, 0.25) is 0 Å². The zero-order valence-electron chi connectivity index (χ0n) is 12.9. The Balaban J connectivity index is 2.47. The summed E-state index contributed by atoms with van der Waals surface area (Å²) in [5.41, 5.74) is 0.131. The standard InChI is InChI=1S/C15H23NO4/c1-7-8(2)19-9(3)10(7)13-16-12(15(4,5)6)11(20-13)14(17)18/h7-10H,1-6H3,(H,17,18). The summed E-state index contributed by atoms with van der Waals surface area (Å²) >= 11 is 0. The molecule has 1 aliphatic heterocycles. The molecule has 5 heteroatoms. The Kier molecular flexibility index (Phi) is 3.67. The van der Waals surface area contributed by atoms with Crippen LogP contribution >= 0.6 is 0 Å². The first kappa shape index (κ1) is 15.0. The number of rotatable bonds is 2. The van der Waals surface area contributed by atoms with E-state index in [0.29, 0.717) is 11.6 Å². The first-order chi connectivity index (χ1) is 9.12. The van der Waals surface area contributed by atoms with Gasteiger partial charge in [-0.1, -0.05) is 27.7 Å². The summed E-state index contributed by atoms with van der Waals surface area (Å²) in [6.45, 7) is 11.9. The Bertz CT molecular complexity index is 514. The van der Waals surface area contributed by atoms with Gasteiger partial charge in [-0.2, -0.15) is 0 Å². The highest BCUT2D eigenvalue weighted by molar-refractivity contribution is 5.86. The van der Waals surface area contributed by atoms with Gasteiger partial charge in [-0.3, -0.25) is 0 Å². The van der Waals surface area contributed by atoms with Gasteiger partial charge in [-0.15, -0.1) is 0 Å². The van der Waals surface area contributed by atoms with Crippen molar-refractivity contribution in [3.05, 3.63) is 17.3 Å². The van der Waals surface area contributed by atoms with E-state index >= 15 is 0 Å². The molecule has 0 aliphatic carbocycles. The molecule has 0 spiro atoms. The van der Waals surface area contributed by atoms with Gasteiger partial charge in [0.05, 0.1) is 23.8 Å². The fraction of sp³-hybridized carbons (Fsp3) is 0.733. The monoisotopic (exact) mass is 281 g/mol. The first-order valence-electron chi connectivity index (χ1n) is 7.03. The van der Waals surface area contributed by atoms with Crippen LogP contribution in [0.3, 0.4) is 0 Å². The molecule has 112 valence electrons. The summed E-state index contributed by atoms with van der Waals surface area (Å²) in [5, 5.41) is 9.30. The van der Waals surface area contributed by atoms with E-state index in [1.807, 2.05) is 34.6 Å². The van der Waals surface area contributed by atoms with Gasteiger partial charge in [0.2, 0.25) is 11.7 Å². The third-order valence-corrected chi connectivity index (χ3v) is 4.08. The van der Waals surface area contributed by atoms with E-state index < -0.39 is 5.97 Å². The molecule has 1 saturated heterocycles. The maximum atomic E-state index is 11.4. The van der Waals surface area contributed by atoms with Crippen LogP contribution in [0, 0.1) is 5.92 Å². The summed E-state index contributed by atoms with van der Waals surface area (Å²) in [5.74, 6) is -0.388. The largest absolute Gasteiger partial charge is 0.475 e. The minimum absolute atomic E-state index is 0.000741. The van der Waals surface area contributed by atoms with Crippen molar-refractivity contribution in [1.29, 1.82) is 0 Å². The summed E-state index contributed by atoms with van der Waals surface area (Å²) in [6, 6.07) is 0. The Morgan fingerprint density at radius 2 is 1.80 bits per heavy atom. The average Bonchev–Trinajstić information content (AvgIpc) is 2.82. The fourth-order valence-electron chi connectivity index (χ4n) is 2.82. The second-order valence-corrected chi connectivity index (χ2v) is 6.72. The van der Waals surface area contributed by atoms with Gasteiger partial charge in [-0.25, -0.2) is 9.78 Å². The van der Waals surface area contributed by atoms with Crippen molar-refractivity contribution in [3.8, 4) is 0 Å². The molecular formula is C15H23NO4. The first-order valence-corrected chi connectivity index (χ1v) is 7.03. The Labute approximate surface area is 119 Å². The number of hydrogen-bond donors (Lipinski definition) is 1. The lowest BCUT2D eigenvalue weighted by Crippen LogP contribution is -2.18. The van der Waals surface area contributed by atoms with Gasteiger partial charge in [0.25, 0.3) is 0 Å². The van der Waals surface area contributed by atoms with Gasteiger partial charge >= 0.3 is 5.97 Å². The number of nitrogens with zero attached hydrogens (tertiary/aromatic N) is 1. The van der Waals surface area contributed by atoms with Crippen LogP contribution in [0.5, 0.6) is 0 Å². The lowest BCUT2D eigenvalue weighted by molar-refractivity contribution is 0.0539. The van der Waals surface area contributed by atoms with E-state index in [-0.39, 0.29) is 35.2 Å². The molecular weight excluding hydrogens is 258 g/mol. The van der Waals surface area contributed by atoms with Crippen LogP contribution in [0.15, 0.2) is 4.42 Å². The van der Waals surface area contributed by atoms with Crippen molar-refractivity contribution in [3.63, 3.8) is 0 Å². The summed E-state index contributed by atoms with van der Waals surface area (Å²) in [6.07, 6.45) is 0.0985. The molecule has 0 amide bonds. The predicted molar refractivity (Wildman–Crippen MR) is 74.1 cm³/mol. The fourth-order valence-corrected chi connectivity index (χ4v) is 2.82. The zero-order chi connectivity index (χ0) is 15.2. The molecule has 4 unspecified atom stereocenters. The molecule has 0 radical (unpaired) electrons. The third-order valence-electron chi connectivity index (χ3n) is 4.08. The number of carboxylic acids is 1.